The third-order valence-corrected chi connectivity index (χ3v) is 5.17. The van der Waals surface area contributed by atoms with Crippen molar-refractivity contribution in [2.75, 3.05) is 21.3 Å². The number of aliphatic imine (C=N–C) groups is 1. The topological polar surface area (TPSA) is 96.6 Å². The zero-order chi connectivity index (χ0) is 19.7. The monoisotopic (exact) mass is 388 g/mol. The molecule has 0 aliphatic carbocycles. The van der Waals surface area contributed by atoms with Crippen molar-refractivity contribution < 1.29 is 19.0 Å². The Morgan fingerprint density at radius 2 is 1.78 bits per heavy atom. The molecular weight excluding hydrogens is 368 g/mol. The van der Waals surface area contributed by atoms with Gasteiger partial charge in [0.2, 0.25) is 10.9 Å². The van der Waals surface area contributed by atoms with Crippen LogP contribution in [-0.4, -0.2) is 48.3 Å². The molecule has 0 saturated heterocycles. The number of amidine groups is 2. The van der Waals surface area contributed by atoms with E-state index in [0.717, 1.165) is 5.04 Å². The lowest BCUT2D eigenvalue weighted by Crippen LogP contribution is -2.35. The molecule has 0 spiro atoms. The average molecular weight is 388 g/mol. The Morgan fingerprint density at radius 3 is 2.30 bits per heavy atom. The number of amides is 1. The second-order valence-corrected chi connectivity index (χ2v) is 7.06. The van der Waals surface area contributed by atoms with Crippen LogP contribution in [0.4, 0.5) is 0 Å². The lowest BCUT2D eigenvalue weighted by atomic mass is 10.1. The summed E-state index contributed by atoms with van der Waals surface area (Å²) >= 11 is 1.32. The summed E-state index contributed by atoms with van der Waals surface area (Å²) < 4.78 is 16.0. The number of nitrogens with zero attached hydrogens (tertiary/aromatic N) is 3. The summed E-state index contributed by atoms with van der Waals surface area (Å²) in [5.41, 5.74) is 0.763. The number of ether oxygens (including phenoxy) is 3. The van der Waals surface area contributed by atoms with Crippen molar-refractivity contribution in [2.24, 2.45) is 16.0 Å². The highest BCUT2D eigenvalue weighted by molar-refractivity contribution is 8.27. The Balaban J connectivity index is 2.03. The number of thioether (sulfide) groups is 1. The number of rotatable bonds is 5. The number of benzene rings is 1. The molecule has 9 heteroatoms. The number of nitrogens with one attached hydrogen (secondary N) is 1. The van der Waals surface area contributed by atoms with Gasteiger partial charge in [-0.05, 0) is 35.5 Å². The van der Waals surface area contributed by atoms with Crippen LogP contribution in [0.5, 0.6) is 17.2 Å². The van der Waals surface area contributed by atoms with E-state index in [1.807, 2.05) is 13.8 Å². The number of carbonyl (C=O) groups excluding carboxylic acids is 1. The fourth-order valence-corrected chi connectivity index (χ4v) is 3.48. The van der Waals surface area contributed by atoms with Crippen molar-refractivity contribution in [1.82, 2.24) is 5.01 Å². The van der Waals surface area contributed by atoms with Gasteiger partial charge >= 0.3 is 0 Å². The molecule has 3 rings (SSSR count). The molecule has 0 radical (unpaired) electrons. The van der Waals surface area contributed by atoms with Crippen molar-refractivity contribution >= 4 is 39.8 Å². The predicted octanol–water partition coefficient (Wildman–Crippen LogP) is 2.99. The average Bonchev–Trinajstić information content (AvgIpc) is 3.08. The quantitative estimate of drug-likeness (QED) is 0.779. The van der Waals surface area contributed by atoms with Crippen LogP contribution in [0.1, 0.15) is 19.4 Å². The van der Waals surface area contributed by atoms with Crippen molar-refractivity contribution in [3.63, 3.8) is 0 Å². The van der Waals surface area contributed by atoms with E-state index in [2.05, 4.69) is 10.1 Å². The minimum absolute atomic E-state index is 0.0121. The van der Waals surface area contributed by atoms with Crippen LogP contribution in [0.3, 0.4) is 0 Å². The normalized spacial score (nSPS) is 17.9. The van der Waals surface area contributed by atoms with Gasteiger partial charge in [-0.15, -0.1) is 0 Å². The molecule has 27 heavy (non-hydrogen) atoms. The summed E-state index contributed by atoms with van der Waals surface area (Å²) in [5.74, 6) is 1.07. The first-order valence-electron chi connectivity index (χ1n) is 8.19. The summed E-state index contributed by atoms with van der Waals surface area (Å²) in [6.45, 7) is 4.01. The van der Waals surface area contributed by atoms with E-state index in [0.29, 0.717) is 28.0 Å². The number of methoxy groups -OCH3 is 3. The first kappa shape index (κ1) is 19.0. The van der Waals surface area contributed by atoms with E-state index in [1.165, 1.54) is 38.1 Å². The standard InChI is InChI=1S/C18H20N4O4S/c1-9(2)17-21-22-15(19)11(16(23)20-18(22)27-17)6-10-7-12(24-3)14(26-5)13(8-10)25-4/h6-9,19H,1-5H3. The SMILES string of the molecule is COc1cc(C=C2C(=N)N3N=C(C(C)C)SC3=NC2=O)cc(OC)c1OC. The number of fused-ring (bicyclic) bond motifs is 1. The molecule has 0 aromatic heterocycles. The summed E-state index contributed by atoms with van der Waals surface area (Å²) in [5, 5.41) is 15.4. The molecule has 0 bridgehead atoms. The van der Waals surface area contributed by atoms with Crippen molar-refractivity contribution in [2.45, 2.75) is 13.8 Å². The van der Waals surface area contributed by atoms with Gasteiger partial charge in [-0.1, -0.05) is 13.8 Å². The summed E-state index contributed by atoms with van der Waals surface area (Å²) in [6, 6.07) is 3.41. The number of hydrogen-bond acceptors (Lipinski definition) is 7. The second kappa shape index (κ2) is 7.43. The highest BCUT2D eigenvalue weighted by Gasteiger charge is 2.36. The second-order valence-electron chi connectivity index (χ2n) is 6.07. The highest BCUT2D eigenvalue weighted by Crippen LogP contribution is 2.39. The van der Waals surface area contributed by atoms with E-state index < -0.39 is 5.91 Å². The third kappa shape index (κ3) is 3.42. The van der Waals surface area contributed by atoms with E-state index >= 15 is 0 Å². The molecule has 2 aliphatic heterocycles. The highest BCUT2D eigenvalue weighted by atomic mass is 32.2. The van der Waals surface area contributed by atoms with Gasteiger partial charge in [-0.25, -0.2) is 0 Å². The molecule has 8 nitrogen and oxygen atoms in total. The van der Waals surface area contributed by atoms with Gasteiger partial charge in [0.15, 0.2) is 17.3 Å². The Hall–Kier alpha value is -2.81. The summed E-state index contributed by atoms with van der Waals surface area (Å²) in [4.78, 5) is 16.6. The Bertz CT molecular complexity index is 880. The number of hydrogen-bond donors (Lipinski definition) is 1. The van der Waals surface area contributed by atoms with Gasteiger partial charge in [-0.3, -0.25) is 10.2 Å². The van der Waals surface area contributed by atoms with Gasteiger partial charge in [0.05, 0.1) is 26.9 Å². The van der Waals surface area contributed by atoms with Gasteiger partial charge in [0.1, 0.15) is 5.04 Å². The van der Waals surface area contributed by atoms with Crippen LogP contribution in [-0.2, 0) is 4.79 Å². The maximum atomic E-state index is 12.5. The van der Waals surface area contributed by atoms with Crippen molar-refractivity contribution in [3.8, 4) is 17.2 Å². The Labute approximate surface area is 161 Å². The smallest absolute Gasteiger partial charge is 0.283 e. The predicted molar refractivity (Wildman–Crippen MR) is 106 cm³/mol. The van der Waals surface area contributed by atoms with Crippen LogP contribution in [0.15, 0.2) is 27.8 Å². The largest absolute Gasteiger partial charge is 0.493 e. The zero-order valence-corrected chi connectivity index (χ0v) is 16.5. The fraction of sp³-hybridized carbons (Fsp3) is 0.333. The van der Waals surface area contributed by atoms with Crippen LogP contribution in [0.25, 0.3) is 6.08 Å². The lowest BCUT2D eigenvalue weighted by Gasteiger charge is -2.20. The fourth-order valence-electron chi connectivity index (χ4n) is 2.59. The molecule has 1 N–H and O–H groups in total. The molecule has 1 amide bonds. The van der Waals surface area contributed by atoms with E-state index in [4.69, 9.17) is 19.6 Å². The maximum Gasteiger partial charge on any atom is 0.283 e. The first-order chi connectivity index (χ1) is 12.9. The molecular formula is C18H20N4O4S. The lowest BCUT2D eigenvalue weighted by molar-refractivity contribution is -0.114. The van der Waals surface area contributed by atoms with Crippen LogP contribution in [0, 0.1) is 11.3 Å². The van der Waals surface area contributed by atoms with Gasteiger partial charge in [0.25, 0.3) is 5.91 Å². The van der Waals surface area contributed by atoms with Crippen molar-refractivity contribution in [1.29, 1.82) is 5.41 Å². The van der Waals surface area contributed by atoms with E-state index in [-0.39, 0.29) is 17.3 Å². The zero-order valence-electron chi connectivity index (χ0n) is 15.7. The molecule has 1 aromatic rings. The Kier molecular flexibility index (Phi) is 5.22. The van der Waals surface area contributed by atoms with Crippen LogP contribution < -0.4 is 14.2 Å². The van der Waals surface area contributed by atoms with Gasteiger partial charge in [0, 0.05) is 5.92 Å². The van der Waals surface area contributed by atoms with Crippen molar-refractivity contribution in [3.05, 3.63) is 23.3 Å². The maximum absolute atomic E-state index is 12.5. The number of carbonyl (C=O) groups is 1. The van der Waals surface area contributed by atoms with E-state index in [9.17, 15) is 4.79 Å². The minimum atomic E-state index is -0.479. The summed E-state index contributed by atoms with van der Waals surface area (Å²) in [7, 11) is 4.55. The Morgan fingerprint density at radius 1 is 1.15 bits per heavy atom. The van der Waals surface area contributed by atoms with Gasteiger partial charge in [-0.2, -0.15) is 15.1 Å². The first-order valence-corrected chi connectivity index (χ1v) is 9.01. The summed E-state index contributed by atoms with van der Waals surface area (Å²) in [6.07, 6.45) is 1.57. The molecule has 0 saturated carbocycles. The minimum Gasteiger partial charge on any atom is -0.493 e. The molecule has 1 aromatic carbocycles. The molecule has 0 fully saturated rings. The third-order valence-electron chi connectivity index (χ3n) is 3.96. The molecule has 0 atom stereocenters. The molecule has 142 valence electrons. The molecule has 2 heterocycles. The molecule has 0 unspecified atom stereocenters. The van der Waals surface area contributed by atoms with Gasteiger partial charge < -0.3 is 14.2 Å². The van der Waals surface area contributed by atoms with Crippen LogP contribution in [0.2, 0.25) is 0 Å². The van der Waals surface area contributed by atoms with Crippen LogP contribution >= 0.6 is 11.8 Å². The number of hydrazone groups is 1. The van der Waals surface area contributed by atoms with E-state index in [1.54, 1.807) is 18.2 Å². The molecule has 2 aliphatic rings.